The fraction of sp³-hybridized carbons (Fsp3) is 0.200. The quantitative estimate of drug-likeness (QED) is 0.552. The first kappa shape index (κ1) is 10.7. The third-order valence-corrected chi connectivity index (χ3v) is 4.56. The van der Waals surface area contributed by atoms with E-state index in [0.29, 0.717) is 0 Å². The van der Waals surface area contributed by atoms with Crippen molar-refractivity contribution in [2.75, 3.05) is 7.11 Å². The zero-order valence-electron chi connectivity index (χ0n) is 7.51. The van der Waals surface area contributed by atoms with Gasteiger partial charge in [0.25, 0.3) is 0 Å². The van der Waals surface area contributed by atoms with Crippen LogP contribution in [0.4, 0.5) is 0 Å². The molecule has 0 amide bonds. The summed E-state index contributed by atoms with van der Waals surface area (Å²) in [4.78, 5) is 0. The topological polar surface area (TPSA) is 9.23 Å². The van der Waals surface area contributed by atoms with Gasteiger partial charge in [0, 0.05) is 5.33 Å². The summed E-state index contributed by atoms with van der Waals surface area (Å²) in [6.45, 7) is 0. The van der Waals surface area contributed by atoms with Gasteiger partial charge < -0.3 is 4.74 Å². The van der Waals surface area contributed by atoms with E-state index in [0.717, 1.165) is 11.1 Å². The normalized spacial score (nSPS) is 10.8. The molecule has 0 aliphatic heterocycles. The Morgan fingerprint density at radius 2 is 2.21 bits per heavy atom. The van der Waals surface area contributed by atoms with Crippen molar-refractivity contribution in [3.8, 4) is 5.75 Å². The number of hydrogen-bond acceptors (Lipinski definition) is 2. The molecule has 1 aromatic carbocycles. The van der Waals surface area contributed by atoms with E-state index in [1.807, 2.05) is 0 Å². The Morgan fingerprint density at radius 3 is 2.86 bits per heavy atom. The SMILES string of the molecule is COc1cc(CBr)cc2cc(I)sc12. The zero-order valence-corrected chi connectivity index (χ0v) is 12.1. The van der Waals surface area contributed by atoms with Crippen molar-refractivity contribution in [1.29, 1.82) is 0 Å². The van der Waals surface area contributed by atoms with Crippen LogP contribution in [-0.4, -0.2) is 7.11 Å². The van der Waals surface area contributed by atoms with E-state index < -0.39 is 0 Å². The molecule has 1 aromatic heterocycles. The Labute approximate surface area is 109 Å². The molecule has 14 heavy (non-hydrogen) atoms. The maximum absolute atomic E-state index is 5.37. The second-order valence-corrected chi connectivity index (χ2v) is 6.41. The summed E-state index contributed by atoms with van der Waals surface area (Å²) in [6.07, 6.45) is 0. The molecule has 4 heteroatoms. The van der Waals surface area contributed by atoms with Crippen LogP contribution in [0.15, 0.2) is 18.2 Å². The summed E-state index contributed by atoms with van der Waals surface area (Å²) in [5.74, 6) is 0.977. The number of benzene rings is 1. The zero-order chi connectivity index (χ0) is 10.1. The number of fused-ring (bicyclic) bond motifs is 1. The van der Waals surface area contributed by atoms with Crippen LogP contribution in [0.2, 0.25) is 0 Å². The van der Waals surface area contributed by atoms with E-state index in [1.54, 1.807) is 18.4 Å². The van der Waals surface area contributed by atoms with Crippen LogP contribution >= 0.6 is 49.9 Å². The molecule has 74 valence electrons. The summed E-state index contributed by atoms with van der Waals surface area (Å²) < 4.78 is 7.90. The lowest BCUT2D eigenvalue weighted by molar-refractivity contribution is 0.420. The molecule has 0 fully saturated rings. The fourth-order valence-corrected chi connectivity index (χ4v) is 3.56. The number of ether oxygens (including phenoxy) is 1. The van der Waals surface area contributed by atoms with Gasteiger partial charge in [0.2, 0.25) is 0 Å². The Hall–Kier alpha value is 0.190. The van der Waals surface area contributed by atoms with E-state index in [1.165, 1.54) is 18.5 Å². The van der Waals surface area contributed by atoms with Crippen molar-refractivity contribution in [1.82, 2.24) is 0 Å². The maximum atomic E-state index is 5.37. The predicted octanol–water partition coefficient (Wildman–Crippen LogP) is 4.41. The van der Waals surface area contributed by atoms with Gasteiger partial charge in [-0.05, 0) is 51.7 Å². The number of rotatable bonds is 2. The van der Waals surface area contributed by atoms with Gasteiger partial charge in [-0.2, -0.15) is 0 Å². The van der Waals surface area contributed by atoms with Crippen LogP contribution in [0.1, 0.15) is 5.56 Å². The third kappa shape index (κ3) is 1.92. The largest absolute Gasteiger partial charge is 0.495 e. The van der Waals surface area contributed by atoms with Crippen molar-refractivity contribution in [2.45, 2.75) is 5.33 Å². The standard InChI is InChI=1S/C10H8BrIOS/c1-13-8-3-6(5-11)2-7-4-9(12)14-10(7)8/h2-4H,5H2,1H3. The van der Waals surface area contributed by atoms with Gasteiger partial charge in [0.05, 0.1) is 14.7 Å². The summed E-state index contributed by atoms with van der Waals surface area (Å²) >= 11 is 7.57. The number of methoxy groups -OCH3 is 1. The first-order valence-electron chi connectivity index (χ1n) is 4.06. The highest BCUT2D eigenvalue weighted by atomic mass is 127. The first-order chi connectivity index (χ1) is 6.74. The van der Waals surface area contributed by atoms with Gasteiger partial charge in [-0.15, -0.1) is 11.3 Å². The molecule has 0 atom stereocenters. The van der Waals surface area contributed by atoms with Crippen LogP contribution in [0.3, 0.4) is 0 Å². The molecule has 0 N–H and O–H groups in total. The second-order valence-electron chi connectivity index (χ2n) is 2.90. The number of hydrogen-bond donors (Lipinski definition) is 0. The molecule has 0 radical (unpaired) electrons. The maximum Gasteiger partial charge on any atom is 0.136 e. The first-order valence-corrected chi connectivity index (χ1v) is 7.08. The lowest BCUT2D eigenvalue weighted by Gasteiger charge is -2.03. The van der Waals surface area contributed by atoms with Gasteiger partial charge in [0.15, 0.2) is 0 Å². The summed E-state index contributed by atoms with van der Waals surface area (Å²) in [6, 6.07) is 6.48. The van der Waals surface area contributed by atoms with Crippen molar-refractivity contribution in [3.05, 3.63) is 26.6 Å². The van der Waals surface area contributed by atoms with Gasteiger partial charge in [0.1, 0.15) is 5.75 Å². The van der Waals surface area contributed by atoms with Crippen molar-refractivity contribution in [3.63, 3.8) is 0 Å². The van der Waals surface area contributed by atoms with Gasteiger partial charge in [-0.1, -0.05) is 15.9 Å². The number of thiophene rings is 1. The van der Waals surface area contributed by atoms with Crippen LogP contribution in [0.5, 0.6) is 5.75 Å². The Morgan fingerprint density at radius 1 is 1.43 bits per heavy atom. The predicted molar refractivity (Wildman–Crippen MR) is 73.7 cm³/mol. The Bertz CT molecular complexity index is 466. The molecule has 1 heterocycles. The van der Waals surface area contributed by atoms with Crippen molar-refractivity contribution in [2.24, 2.45) is 0 Å². The molecule has 2 aromatic rings. The van der Waals surface area contributed by atoms with Crippen LogP contribution in [0.25, 0.3) is 10.1 Å². The minimum atomic E-state index is 0.867. The van der Waals surface area contributed by atoms with Gasteiger partial charge >= 0.3 is 0 Å². The lowest BCUT2D eigenvalue weighted by atomic mass is 10.2. The molecular formula is C10H8BrIOS. The lowest BCUT2D eigenvalue weighted by Crippen LogP contribution is -1.85. The summed E-state index contributed by atoms with van der Waals surface area (Å²) in [5, 5.41) is 2.14. The smallest absolute Gasteiger partial charge is 0.136 e. The highest BCUT2D eigenvalue weighted by Crippen LogP contribution is 2.35. The van der Waals surface area contributed by atoms with E-state index in [-0.39, 0.29) is 0 Å². The average Bonchev–Trinajstić information content (AvgIpc) is 2.56. The van der Waals surface area contributed by atoms with Crippen molar-refractivity contribution >= 4 is 59.9 Å². The molecule has 0 aliphatic carbocycles. The second kappa shape index (κ2) is 4.37. The molecule has 2 rings (SSSR count). The summed E-state index contributed by atoms with van der Waals surface area (Å²) in [5.41, 5.74) is 1.25. The molecule has 0 saturated heterocycles. The Kier molecular flexibility index (Phi) is 3.34. The van der Waals surface area contributed by atoms with E-state index in [4.69, 9.17) is 4.74 Å². The van der Waals surface area contributed by atoms with E-state index >= 15 is 0 Å². The molecular weight excluding hydrogens is 375 g/mol. The minimum Gasteiger partial charge on any atom is -0.495 e. The molecule has 1 nitrogen and oxygen atoms in total. The summed E-state index contributed by atoms with van der Waals surface area (Å²) in [7, 11) is 1.72. The number of halogens is 2. The molecule has 0 aliphatic rings. The highest BCUT2D eigenvalue weighted by molar-refractivity contribution is 14.1. The molecule has 0 bridgehead atoms. The fourth-order valence-electron chi connectivity index (χ4n) is 1.38. The van der Waals surface area contributed by atoms with Gasteiger partial charge in [-0.25, -0.2) is 0 Å². The van der Waals surface area contributed by atoms with E-state index in [9.17, 15) is 0 Å². The minimum absolute atomic E-state index is 0.867. The van der Waals surface area contributed by atoms with Crippen LogP contribution in [-0.2, 0) is 5.33 Å². The van der Waals surface area contributed by atoms with Crippen LogP contribution < -0.4 is 4.74 Å². The van der Waals surface area contributed by atoms with Crippen molar-refractivity contribution < 1.29 is 4.74 Å². The monoisotopic (exact) mass is 382 g/mol. The Balaban J connectivity index is 2.72. The van der Waals surface area contributed by atoms with E-state index in [2.05, 4.69) is 56.7 Å². The van der Waals surface area contributed by atoms with Gasteiger partial charge in [-0.3, -0.25) is 0 Å². The average molecular weight is 383 g/mol. The number of alkyl halides is 1. The highest BCUT2D eigenvalue weighted by Gasteiger charge is 2.07. The third-order valence-electron chi connectivity index (χ3n) is 1.99. The molecule has 0 saturated carbocycles. The van der Waals surface area contributed by atoms with Crippen LogP contribution in [0, 0.1) is 2.88 Å². The molecule has 0 unspecified atom stereocenters. The molecule has 0 spiro atoms.